The Balaban J connectivity index is 1.49. The van der Waals surface area contributed by atoms with Crippen molar-refractivity contribution in [2.24, 2.45) is 0 Å². The zero-order valence-electron chi connectivity index (χ0n) is 16.1. The lowest BCUT2D eigenvalue weighted by atomic mass is 10.1. The third-order valence-electron chi connectivity index (χ3n) is 5.35. The predicted octanol–water partition coefficient (Wildman–Crippen LogP) is 2.79. The van der Waals surface area contributed by atoms with Crippen LogP contribution in [0, 0.1) is 0 Å². The summed E-state index contributed by atoms with van der Waals surface area (Å²) in [5.74, 6) is 1.73. The number of anilines is 4. The summed E-state index contributed by atoms with van der Waals surface area (Å²) in [7, 11) is 0. The average molecular weight is 407 g/mol. The maximum atomic E-state index is 13.3. The average Bonchev–Trinajstić information content (AvgIpc) is 2.73. The molecule has 0 aromatic carbocycles. The Kier molecular flexibility index (Phi) is 5.33. The molecule has 0 amide bonds. The minimum absolute atomic E-state index is 0.0258. The van der Waals surface area contributed by atoms with Crippen LogP contribution in [0.1, 0.15) is 24.8 Å². The van der Waals surface area contributed by atoms with E-state index >= 15 is 0 Å². The maximum absolute atomic E-state index is 13.3. The van der Waals surface area contributed by atoms with E-state index in [1.807, 2.05) is 4.90 Å². The molecule has 10 heteroatoms. The molecule has 0 atom stereocenters. The second-order valence-electron chi connectivity index (χ2n) is 7.35. The molecule has 0 spiro atoms. The largest absolute Gasteiger partial charge is 0.419 e. The van der Waals surface area contributed by atoms with E-state index in [1.54, 1.807) is 11.0 Å². The highest BCUT2D eigenvalue weighted by Crippen LogP contribution is 2.35. The van der Waals surface area contributed by atoms with Crippen molar-refractivity contribution < 1.29 is 13.2 Å². The van der Waals surface area contributed by atoms with Crippen molar-refractivity contribution in [3.63, 3.8) is 0 Å². The molecule has 0 aliphatic carbocycles. The molecule has 7 nitrogen and oxygen atoms in total. The van der Waals surface area contributed by atoms with E-state index in [9.17, 15) is 13.2 Å². The van der Waals surface area contributed by atoms with Crippen LogP contribution in [0.15, 0.2) is 24.4 Å². The molecule has 2 N–H and O–H groups in total. The van der Waals surface area contributed by atoms with Crippen molar-refractivity contribution in [3.8, 4) is 0 Å². The molecule has 0 saturated carbocycles. The number of alkyl halides is 3. The van der Waals surface area contributed by atoms with Gasteiger partial charge in [-0.2, -0.15) is 23.1 Å². The highest BCUT2D eigenvalue weighted by molar-refractivity contribution is 5.54. The number of nitrogens with two attached hydrogens (primary N) is 1. The molecule has 0 radical (unpaired) electrons. The quantitative estimate of drug-likeness (QED) is 0.839. The summed E-state index contributed by atoms with van der Waals surface area (Å²) >= 11 is 0. The van der Waals surface area contributed by atoms with E-state index in [-0.39, 0.29) is 5.82 Å². The van der Waals surface area contributed by atoms with Crippen molar-refractivity contribution in [2.45, 2.75) is 25.4 Å². The summed E-state index contributed by atoms with van der Waals surface area (Å²) in [4.78, 5) is 18.9. The van der Waals surface area contributed by atoms with Gasteiger partial charge in [-0.1, -0.05) is 0 Å². The van der Waals surface area contributed by atoms with Gasteiger partial charge in [0.1, 0.15) is 17.5 Å². The zero-order chi connectivity index (χ0) is 20.4. The molecule has 2 saturated heterocycles. The number of pyridine rings is 1. The standard InChI is InChI=1S/C19H24F3N7/c20-19(21,22)14-5-4-6-24-17(14)28-9-11-29(12-10-28)18-25-15(23)13-16(26-18)27-7-2-1-3-8-27/h4-6,13H,1-3,7-12H2,(H2,23,25,26). The molecule has 29 heavy (non-hydrogen) atoms. The van der Waals surface area contributed by atoms with E-state index in [2.05, 4.69) is 19.9 Å². The van der Waals surface area contributed by atoms with Crippen LogP contribution < -0.4 is 20.4 Å². The second-order valence-corrected chi connectivity index (χ2v) is 7.35. The molecule has 2 aliphatic heterocycles. The first-order chi connectivity index (χ1) is 13.9. The van der Waals surface area contributed by atoms with Crippen molar-refractivity contribution in [1.82, 2.24) is 15.0 Å². The summed E-state index contributed by atoms with van der Waals surface area (Å²) in [5, 5.41) is 0. The number of nitrogen functional groups attached to an aromatic ring is 1. The number of halogens is 3. The zero-order valence-corrected chi connectivity index (χ0v) is 16.1. The van der Waals surface area contributed by atoms with E-state index in [0.29, 0.717) is 37.9 Å². The van der Waals surface area contributed by atoms with Crippen LogP contribution in [0.3, 0.4) is 0 Å². The molecular weight excluding hydrogens is 383 g/mol. The van der Waals surface area contributed by atoms with Crippen LogP contribution >= 0.6 is 0 Å². The Morgan fingerprint density at radius 3 is 2.24 bits per heavy atom. The fourth-order valence-corrected chi connectivity index (χ4v) is 3.85. The molecule has 156 valence electrons. The van der Waals surface area contributed by atoms with E-state index in [4.69, 9.17) is 5.73 Å². The topological polar surface area (TPSA) is 74.4 Å². The van der Waals surface area contributed by atoms with Gasteiger partial charge in [0, 0.05) is 51.5 Å². The highest BCUT2D eigenvalue weighted by atomic mass is 19.4. The fourth-order valence-electron chi connectivity index (χ4n) is 3.85. The Morgan fingerprint density at radius 2 is 1.55 bits per heavy atom. The fraction of sp³-hybridized carbons (Fsp3) is 0.526. The van der Waals surface area contributed by atoms with Gasteiger partial charge >= 0.3 is 6.18 Å². The smallest absolute Gasteiger partial charge is 0.383 e. The molecule has 4 rings (SSSR count). The Hall–Kier alpha value is -2.78. The number of nitrogens with zero attached hydrogens (tertiary/aromatic N) is 6. The van der Waals surface area contributed by atoms with Gasteiger partial charge in [0.05, 0.1) is 5.56 Å². The number of aromatic nitrogens is 3. The molecule has 2 aliphatic rings. The molecule has 0 unspecified atom stereocenters. The molecule has 2 aromatic heterocycles. The highest BCUT2D eigenvalue weighted by Gasteiger charge is 2.36. The normalized spacial score (nSPS) is 18.2. The van der Waals surface area contributed by atoms with Gasteiger partial charge in [0.2, 0.25) is 5.95 Å². The van der Waals surface area contributed by atoms with Gasteiger partial charge in [0.25, 0.3) is 0 Å². The van der Waals surface area contributed by atoms with Crippen molar-refractivity contribution in [1.29, 1.82) is 0 Å². The molecule has 0 bridgehead atoms. The van der Waals surface area contributed by atoms with E-state index in [0.717, 1.165) is 37.8 Å². The SMILES string of the molecule is Nc1cc(N2CCCCC2)nc(N2CCN(c3ncccc3C(F)(F)F)CC2)n1. The summed E-state index contributed by atoms with van der Waals surface area (Å²) in [6.07, 6.45) is 0.441. The number of rotatable bonds is 3. The number of piperidine rings is 1. The third-order valence-corrected chi connectivity index (χ3v) is 5.35. The predicted molar refractivity (Wildman–Crippen MR) is 106 cm³/mol. The van der Waals surface area contributed by atoms with Gasteiger partial charge in [-0.15, -0.1) is 0 Å². The van der Waals surface area contributed by atoms with Crippen molar-refractivity contribution >= 4 is 23.4 Å². The number of hydrogen-bond donors (Lipinski definition) is 1. The van der Waals surface area contributed by atoms with Crippen LogP contribution in [-0.4, -0.2) is 54.2 Å². The lowest BCUT2D eigenvalue weighted by Gasteiger charge is -2.36. The first kappa shape index (κ1) is 19.5. The van der Waals surface area contributed by atoms with E-state index < -0.39 is 11.7 Å². The summed E-state index contributed by atoms with van der Waals surface area (Å²) < 4.78 is 39.9. The van der Waals surface area contributed by atoms with Crippen molar-refractivity contribution in [3.05, 3.63) is 30.0 Å². The summed E-state index contributed by atoms with van der Waals surface area (Å²) in [5.41, 5.74) is 5.30. The van der Waals surface area contributed by atoms with Gasteiger partial charge in [-0.3, -0.25) is 0 Å². The lowest BCUT2D eigenvalue weighted by molar-refractivity contribution is -0.137. The molecule has 2 fully saturated rings. The number of hydrogen-bond acceptors (Lipinski definition) is 7. The monoisotopic (exact) mass is 407 g/mol. The van der Waals surface area contributed by atoms with Crippen LogP contribution in [0.25, 0.3) is 0 Å². The van der Waals surface area contributed by atoms with Crippen LogP contribution in [-0.2, 0) is 6.18 Å². The van der Waals surface area contributed by atoms with Crippen molar-refractivity contribution in [2.75, 3.05) is 59.7 Å². The van der Waals surface area contributed by atoms with Crippen LogP contribution in [0.5, 0.6) is 0 Å². The Morgan fingerprint density at radius 1 is 0.862 bits per heavy atom. The van der Waals surface area contributed by atoms with Gasteiger partial charge in [-0.25, -0.2) is 4.98 Å². The Bertz CT molecular complexity index is 844. The van der Waals surface area contributed by atoms with Gasteiger partial charge in [0.15, 0.2) is 0 Å². The minimum atomic E-state index is -4.43. The van der Waals surface area contributed by atoms with Crippen LogP contribution in [0.2, 0.25) is 0 Å². The first-order valence-electron chi connectivity index (χ1n) is 9.83. The maximum Gasteiger partial charge on any atom is 0.419 e. The molecule has 2 aromatic rings. The van der Waals surface area contributed by atoms with Gasteiger partial charge < -0.3 is 20.4 Å². The second kappa shape index (κ2) is 7.92. The van der Waals surface area contributed by atoms with Gasteiger partial charge in [-0.05, 0) is 31.4 Å². The van der Waals surface area contributed by atoms with E-state index in [1.165, 1.54) is 18.7 Å². The minimum Gasteiger partial charge on any atom is -0.383 e. The number of piperazine rings is 1. The summed E-state index contributed by atoms with van der Waals surface area (Å²) in [6.45, 7) is 3.69. The molecular formula is C19H24F3N7. The first-order valence-corrected chi connectivity index (χ1v) is 9.83. The summed E-state index contributed by atoms with van der Waals surface area (Å²) in [6, 6.07) is 4.17. The lowest BCUT2D eigenvalue weighted by Crippen LogP contribution is -2.48. The van der Waals surface area contributed by atoms with Crippen LogP contribution in [0.4, 0.5) is 36.6 Å². The molecule has 4 heterocycles. The Labute approximate surface area is 167 Å². The third kappa shape index (κ3) is 4.30.